The van der Waals surface area contributed by atoms with Gasteiger partial charge in [0, 0.05) is 38.9 Å². The Hall–Kier alpha value is -2.14. The maximum atomic E-state index is 11.9. The fourth-order valence-electron chi connectivity index (χ4n) is 3.87. The van der Waals surface area contributed by atoms with E-state index in [1.165, 1.54) is 36.0 Å². The first-order chi connectivity index (χ1) is 12.2. The number of anilines is 1. The Labute approximate surface area is 148 Å². The molecule has 0 bridgehead atoms. The molecule has 0 atom stereocenters. The standard InChI is InChI=1S/C20H26N4O/c1-15-13-17(16-3-2-4-16)5-6-18(15)14-23-9-11-24(12-10-23)19-7-8-21-22-20(19)25/h5-8,13,16H,2-4,9-12,14H2,1H3,(H,22,25). The number of aryl methyl sites for hydroxylation is 1. The van der Waals surface area contributed by atoms with Crippen molar-refractivity contribution in [2.45, 2.75) is 38.6 Å². The van der Waals surface area contributed by atoms with Gasteiger partial charge in [-0.05, 0) is 48.4 Å². The van der Waals surface area contributed by atoms with Gasteiger partial charge in [0.25, 0.3) is 5.56 Å². The molecular formula is C20H26N4O. The molecule has 1 saturated carbocycles. The summed E-state index contributed by atoms with van der Waals surface area (Å²) in [6.07, 6.45) is 5.75. The molecule has 4 rings (SSSR count). The molecule has 2 aromatic rings. The van der Waals surface area contributed by atoms with Crippen molar-refractivity contribution in [3.63, 3.8) is 0 Å². The van der Waals surface area contributed by atoms with Crippen LogP contribution in [0, 0.1) is 6.92 Å². The van der Waals surface area contributed by atoms with E-state index in [2.05, 4.69) is 45.1 Å². The number of nitrogens with zero attached hydrogens (tertiary/aromatic N) is 3. The first kappa shape index (κ1) is 16.3. The zero-order valence-electron chi connectivity index (χ0n) is 14.9. The first-order valence-corrected chi connectivity index (χ1v) is 9.31. The van der Waals surface area contributed by atoms with E-state index < -0.39 is 0 Å². The summed E-state index contributed by atoms with van der Waals surface area (Å²) in [4.78, 5) is 16.5. The fourth-order valence-corrected chi connectivity index (χ4v) is 3.87. The lowest BCUT2D eigenvalue weighted by Gasteiger charge is -2.35. The average Bonchev–Trinajstić information content (AvgIpc) is 2.57. The predicted molar refractivity (Wildman–Crippen MR) is 100 cm³/mol. The van der Waals surface area contributed by atoms with E-state index in [9.17, 15) is 4.79 Å². The van der Waals surface area contributed by atoms with Gasteiger partial charge < -0.3 is 4.90 Å². The van der Waals surface area contributed by atoms with E-state index in [1.54, 1.807) is 12.3 Å². The molecule has 25 heavy (non-hydrogen) atoms. The zero-order valence-corrected chi connectivity index (χ0v) is 14.9. The minimum atomic E-state index is -0.0987. The summed E-state index contributed by atoms with van der Waals surface area (Å²) in [6, 6.07) is 8.85. The van der Waals surface area contributed by atoms with Crippen LogP contribution in [0.4, 0.5) is 5.69 Å². The number of aromatic amines is 1. The molecule has 1 saturated heterocycles. The molecule has 2 heterocycles. The second kappa shape index (κ2) is 7.00. The quantitative estimate of drug-likeness (QED) is 0.931. The Morgan fingerprint density at radius 1 is 1.16 bits per heavy atom. The molecule has 5 nitrogen and oxygen atoms in total. The number of aromatic nitrogens is 2. The third-order valence-corrected chi connectivity index (χ3v) is 5.76. The molecule has 0 radical (unpaired) electrons. The summed E-state index contributed by atoms with van der Waals surface area (Å²) in [7, 11) is 0. The van der Waals surface area contributed by atoms with E-state index in [4.69, 9.17) is 0 Å². The van der Waals surface area contributed by atoms with Crippen LogP contribution >= 0.6 is 0 Å². The third-order valence-electron chi connectivity index (χ3n) is 5.76. The molecule has 1 N–H and O–H groups in total. The van der Waals surface area contributed by atoms with Crippen molar-refractivity contribution in [1.82, 2.24) is 15.1 Å². The van der Waals surface area contributed by atoms with Gasteiger partial charge in [0.05, 0.1) is 0 Å². The molecule has 5 heteroatoms. The number of hydrogen-bond donors (Lipinski definition) is 1. The van der Waals surface area contributed by atoms with Gasteiger partial charge in [-0.2, -0.15) is 5.10 Å². The van der Waals surface area contributed by atoms with Gasteiger partial charge in [-0.1, -0.05) is 24.6 Å². The second-order valence-corrected chi connectivity index (χ2v) is 7.35. The molecule has 132 valence electrons. The summed E-state index contributed by atoms with van der Waals surface area (Å²) in [6.45, 7) is 6.96. The molecule has 1 aromatic carbocycles. The number of nitrogens with one attached hydrogen (secondary N) is 1. The Bertz CT molecular complexity index is 788. The zero-order chi connectivity index (χ0) is 17.2. The van der Waals surface area contributed by atoms with Crippen molar-refractivity contribution in [3.8, 4) is 0 Å². The summed E-state index contributed by atoms with van der Waals surface area (Å²) in [5, 5.41) is 6.29. The van der Waals surface area contributed by atoms with Gasteiger partial charge in [-0.3, -0.25) is 9.69 Å². The van der Waals surface area contributed by atoms with Crippen LogP contribution in [-0.2, 0) is 6.54 Å². The Morgan fingerprint density at radius 3 is 2.60 bits per heavy atom. The highest BCUT2D eigenvalue weighted by Crippen LogP contribution is 2.36. The van der Waals surface area contributed by atoms with E-state index in [0.29, 0.717) is 0 Å². The van der Waals surface area contributed by atoms with Gasteiger partial charge in [0.1, 0.15) is 5.69 Å². The van der Waals surface area contributed by atoms with Gasteiger partial charge >= 0.3 is 0 Å². The molecule has 1 aliphatic carbocycles. The van der Waals surface area contributed by atoms with Gasteiger partial charge in [-0.15, -0.1) is 0 Å². The molecule has 2 aliphatic rings. The Balaban J connectivity index is 1.37. The van der Waals surface area contributed by atoms with E-state index >= 15 is 0 Å². The Morgan fingerprint density at radius 2 is 1.96 bits per heavy atom. The molecule has 1 aliphatic heterocycles. The van der Waals surface area contributed by atoms with Crippen LogP contribution in [0.2, 0.25) is 0 Å². The van der Waals surface area contributed by atoms with Crippen LogP contribution in [0.15, 0.2) is 35.3 Å². The van der Waals surface area contributed by atoms with E-state index in [-0.39, 0.29) is 5.56 Å². The topological polar surface area (TPSA) is 52.2 Å². The second-order valence-electron chi connectivity index (χ2n) is 7.35. The van der Waals surface area contributed by atoms with Crippen LogP contribution in [0.5, 0.6) is 0 Å². The lowest BCUT2D eigenvalue weighted by Crippen LogP contribution is -2.47. The Kier molecular flexibility index (Phi) is 4.57. The first-order valence-electron chi connectivity index (χ1n) is 9.31. The maximum Gasteiger partial charge on any atom is 0.287 e. The van der Waals surface area contributed by atoms with Crippen molar-refractivity contribution in [1.29, 1.82) is 0 Å². The monoisotopic (exact) mass is 338 g/mol. The van der Waals surface area contributed by atoms with E-state index in [1.807, 2.05) is 0 Å². The third kappa shape index (κ3) is 3.47. The van der Waals surface area contributed by atoms with Gasteiger partial charge in [0.2, 0.25) is 0 Å². The number of piperazine rings is 1. The lowest BCUT2D eigenvalue weighted by atomic mass is 9.79. The summed E-state index contributed by atoms with van der Waals surface area (Å²) < 4.78 is 0. The van der Waals surface area contributed by atoms with Crippen LogP contribution in [0.25, 0.3) is 0 Å². The van der Waals surface area contributed by atoms with Crippen LogP contribution in [-0.4, -0.2) is 41.3 Å². The average molecular weight is 338 g/mol. The van der Waals surface area contributed by atoms with Crippen molar-refractivity contribution < 1.29 is 0 Å². The van der Waals surface area contributed by atoms with Crippen molar-refractivity contribution in [2.24, 2.45) is 0 Å². The number of H-pyrrole nitrogens is 1. The van der Waals surface area contributed by atoms with Gasteiger partial charge in [-0.25, -0.2) is 5.10 Å². The normalized spacial score (nSPS) is 19.0. The molecule has 2 fully saturated rings. The van der Waals surface area contributed by atoms with Crippen molar-refractivity contribution >= 4 is 5.69 Å². The molecular weight excluding hydrogens is 312 g/mol. The molecule has 1 aromatic heterocycles. The van der Waals surface area contributed by atoms with Crippen LogP contribution in [0.3, 0.4) is 0 Å². The van der Waals surface area contributed by atoms with Crippen LogP contribution < -0.4 is 10.5 Å². The number of benzene rings is 1. The van der Waals surface area contributed by atoms with E-state index in [0.717, 1.165) is 44.3 Å². The minimum Gasteiger partial charge on any atom is -0.364 e. The van der Waals surface area contributed by atoms with Crippen molar-refractivity contribution in [2.75, 3.05) is 31.1 Å². The molecule has 0 amide bonds. The molecule has 0 unspecified atom stereocenters. The van der Waals surface area contributed by atoms with Crippen LogP contribution in [0.1, 0.15) is 41.9 Å². The summed E-state index contributed by atoms with van der Waals surface area (Å²) >= 11 is 0. The lowest BCUT2D eigenvalue weighted by molar-refractivity contribution is 0.249. The highest BCUT2D eigenvalue weighted by atomic mass is 16.1. The highest BCUT2D eigenvalue weighted by Gasteiger charge is 2.21. The molecule has 0 spiro atoms. The summed E-state index contributed by atoms with van der Waals surface area (Å²) in [5.41, 5.74) is 5.00. The minimum absolute atomic E-state index is 0.0987. The number of rotatable bonds is 4. The smallest absolute Gasteiger partial charge is 0.287 e. The van der Waals surface area contributed by atoms with Crippen molar-refractivity contribution in [3.05, 3.63) is 57.5 Å². The SMILES string of the molecule is Cc1cc(C2CCC2)ccc1CN1CCN(c2ccn[nH]c2=O)CC1. The maximum absolute atomic E-state index is 11.9. The predicted octanol–water partition coefficient (Wildman–Crippen LogP) is 2.67. The summed E-state index contributed by atoms with van der Waals surface area (Å²) in [5.74, 6) is 0.801. The fraction of sp³-hybridized carbons (Fsp3) is 0.500. The highest BCUT2D eigenvalue weighted by molar-refractivity contribution is 5.43. The van der Waals surface area contributed by atoms with Gasteiger partial charge in [0.15, 0.2) is 0 Å². The largest absolute Gasteiger partial charge is 0.364 e. The number of hydrogen-bond acceptors (Lipinski definition) is 4.